The molecule has 10 heteroatoms. The van der Waals surface area contributed by atoms with Crippen molar-refractivity contribution in [3.63, 3.8) is 0 Å². The van der Waals surface area contributed by atoms with Crippen molar-refractivity contribution in [2.75, 3.05) is 18.2 Å². The van der Waals surface area contributed by atoms with E-state index in [9.17, 15) is 19.5 Å². The number of carbonyl (C=O) groups excluding carboxylic acids is 2. The molecule has 2 heterocycles. The number of anilines is 2. The van der Waals surface area contributed by atoms with E-state index in [0.29, 0.717) is 11.3 Å². The number of rotatable bonds is 5. The molecule has 0 bridgehead atoms. The molecule has 1 aromatic heterocycles. The van der Waals surface area contributed by atoms with Gasteiger partial charge in [0, 0.05) is 18.3 Å². The lowest BCUT2D eigenvalue weighted by Crippen LogP contribution is -2.36. The molecule has 1 aliphatic heterocycles. The Morgan fingerprint density at radius 1 is 1.39 bits per heavy atom. The summed E-state index contributed by atoms with van der Waals surface area (Å²) in [6.07, 6.45) is -1.75. The summed E-state index contributed by atoms with van der Waals surface area (Å²) in [5.41, 5.74) is 5.79. The average Bonchev–Trinajstić information content (AvgIpc) is 3.04. The normalized spacial score (nSPS) is 21.3. The molecule has 4 N–H and O–H groups in total. The second-order valence-corrected chi connectivity index (χ2v) is 6.26. The van der Waals surface area contributed by atoms with E-state index in [-0.39, 0.29) is 18.7 Å². The van der Waals surface area contributed by atoms with E-state index in [1.165, 1.54) is 19.4 Å². The number of hydrogen-bond donors (Lipinski definition) is 3. The molecule has 1 saturated heterocycles. The molecule has 28 heavy (non-hydrogen) atoms. The van der Waals surface area contributed by atoms with Crippen LogP contribution in [0.4, 0.5) is 11.5 Å². The van der Waals surface area contributed by atoms with Gasteiger partial charge in [0.25, 0.3) is 5.91 Å². The number of aromatic nitrogens is 2. The van der Waals surface area contributed by atoms with Crippen LogP contribution < -0.4 is 16.7 Å². The van der Waals surface area contributed by atoms with Crippen molar-refractivity contribution >= 4 is 23.4 Å². The van der Waals surface area contributed by atoms with Crippen molar-refractivity contribution in [1.29, 1.82) is 0 Å². The number of nitrogens with zero attached hydrogens (tertiary/aromatic N) is 2. The van der Waals surface area contributed by atoms with Crippen molar-refractivity contribution in [2.24, 2.45) is 0 Å². The summed E-state index contributed by atoms with van der Waals surface area (Å²) in [7, 11) is 1.28. The first-order chi connectivity index (χ1) is 13.4. The summed E-state index contributed by atoms with van der Waals surface area (Å²) in [5.74, 6) is -0.978. The first-order valence-corrected chi connectivity index (χ1v) is 8.53. The highest BCUT2D eigenvalue weighted by atomic mass is 16.5. The molecule has 1 aromatic carbocycles. The highest BCUT2D eigenvalue weighted by Gasteiger charge is 2.40. The Morgan fingerprint density at radius 2 is 2.14 bits per heavy atom. The quantitative estimate of drug-likeness (QED) is 0.598. The lowest BCUT2D eigenvalue weighted by molar-refractivity contribution is -0.139. The van der Waals surface area contributed by atoms with Gasteiger partial charge in [-0.3, -0.25) is 14.2 Å². The molecule has 148 valence electrons. The highest BCUT2D eigenvalue weighted by Crippen LogP contribution is 2.29. The minimum Gasteiger partial charge on any atom is -0.469 e. The number of para-hydroxylation sites is 1. The SMILES string of the molecule is COC(=O)Cc1ccccc1NC(=O)C1OC(n2ccc(N)nc2=O)CC1O. The van der Waals surface area contributed by atoms with Gasteiger partial charge in [-0.2, -0.15) is 4.98 Å². The molecule has 0 aliphatic carbocycles. The number of ether oxygens (including phenoxy) is 2. The van der Waals surface area contributed by atoms with E-state index in [2.05, 4.69) is 15.0 Å². The second kappa shape index (κ2) is 8.19. The molecule has 1 aliphatic rings. The molecule has 3 atom stereocenters. The second-order valence-electron chi connectivity index (χ2n) is 6.26. The van der Waals surface area contributed by atoms with Crippen molar-refractivity contribution in [3.05, 3.63) is 52.6 Å². The van der Waals surface area contributed by atoms with Crippen LogP contribution in [0, 0.1) is 0 Å². The molecule has 0 spiro atoms. The van der Waals surface area contributed by atoms with E-state index >= 15 is 0 Å². The summed E-state index contributed by atoms with van der Waals surface area (Å²) < 4.78 is 11.4. The van der Waals surface area contributed by atoms with Crippen LogP contribution in [0.5, 0.6) is 0 Å². The maximum atomic E-state index is 12.6. The van der Waals surface area contributed by atoms with Crippen LogP contribution in [0.25, 0.3) is 0 Å². The van der Waals surface area contributed by atoms with Gasteiger partial charge in [-0.25, -0.2) is 4.79 Å². The van der Waals surface area contributed by atoms with E-state index < -0.39 is 36.0 Å². The fourth-order valence-corrected chi connectivity index (χ4v) is 2.93. The van der Waals surface area contributed by atoms with Crippen LogP contribution in [-0.4, -0.2) is 45.9 Å². The summed E-state index contributed by atoms with van der Waals surface area (Å²) in [6, 6.07) is 8.16. The van der Waals surface area contributed by atoms with Gasteiger partial charge in [0.15, 0.2) is 6.10 Å². The van der Waals surface area contributed by atoms with Gasteiger partial charge in [0.05, 0.1) is 19.6 Å². The van der Waals surface area contributed by atoms with Gasteiger partial charge >= 0.3 is 11.7 Å². The number of nitrogen functional groups attached to an aromatic ring is 1. The van der Waals surface area contributed by atoms with Crippen LogP contribution in [-0.2, 0) is 25.5 Å². The van der Waals surface area contributed by atoms with Gasteiger partial charge in [-0.1, -0.05) is 18.2 Å². The Balaban J connectivity index is 1.73. The Hall–Kier alpha value is -3.24. The largest absolute Gasteiger partial charge is 0.469 e. The maximum absolute atomic E-state index is 12.6. The van der Waals surface area contributed by atoms with Gasteiger partial charge in [-0.05, 0) is 17.7 Å². The predicted octanol–water partition coefficient (Wildman–Crippen LogP) is -0.172. The molecule has 2 aromatic rings. The third-order valence-electron chi connectivity index (χ3n) is 4.35. The molecule has 0 saturated carbocycles. The van der Waals surface area contributed by atoms with Crippen LogP contribution in [0.1, 0.15) is 18.2 Å². The molecule has 3 rings (SSSR count). The van der Waals surface area contributed by atoms with E-state index in [1.807, 2.05) is 0 Å². The van der Waals surface area contributed by atoms with Crippen molar-refractivity contribution in [2.45, 2.75) is 31.3 Å². The fourth-order valence-electron chi connectivity index (χ4n) is 2.93. The molecule has 3 unspecified atom stereocenters. The Labute approximate surface area is 159 Å². The summed E-state index contributed by atoms with van der Waals surface area (Å²) >= 11 is 0. The summed E-state index contributed by atoms with van der Waals surface area (Å²) in [4.78, 5) is 39.7. The van der Waals surface area contributed by atoms with E-state index in [0.717, 1.165) is 4.57 Å². The smallest absolute Gasteiger partial charge is 0.351 e. The lowest BCUT2D eigenvalue weighted by Gasteiger charge is -2.17. The average molecular weight is 388 g/mol. The molecular formula is C18H20N4O6. The monoisotopic (exact) mass is 388 g/mol. The van der Waals surface area contributed by atoms with Gasteiger partial charge < -0.3 is 25.6 Å². The zero-order valence-electron chi connectivity index (χ0n) is 15.1. The molecule has 0 radical (unpaired) electrons. The predicted molar refractivity (Wildman–Crippen MR) is 98.2 cm³/mol. The number of methoxy groups -OCH3 is 1. The minimum atomic E-state index is -1.19. The number of esters is 1. The molecule has 10 nitrogen and oxygen atoms in total. The Bertz CT molecular complexity index is 944. The number of aliphatic hydroxyl groups is 1. The first kappa shape index (κ1) is 19.5. The zero-order chi connectivity index (χ0) is 20.3. The van der Waals surface area contributed by atoms with Crippen molar-refractivity contribution < 1.29 is 24.2 Å². The highest BCUT2D eigenvalue weighted by molar-refractivity contribution is 5.96. The summed E-state index contributed by atoms with van der Waals surface area (Å²) in [6.45, 7) is 0. The Morgan fingerprint density at radius 3 is 2.86 bits per heavy atom. The van der Waals surface area contributed by atoms with Crippen LogP contribution in [0.2, 0.25) is 0 Å². The van der Waals surface area contributed by atoms with Crippen LogP contribution >= 0.6 is 0 Å². The van der Waals surface area contributed by atoms with Crippen molar-refractivity contribution in [1.82, 2.24) is 9.55 Å². The van der Waals surface area contributed by atoms with Crippen LogP contribution in [0.15, 0.2) is 41.3 Å². The van der Waals surface area contributed by atoms with Gasteiger partial charge in [0.1, 0.15) is 12.0 Å². The summed E-state index contributed by atoms with van der Waals surface area (Å²) in [5, 5.41) is 12.9. The standard InChI is InChI=1S/C18H20N4O6/c1-27-15(24)8-10-4-2-3-5-11(10)20-17(25)16-12(23)9-14(28-16)22-7-6-13(19)21-18(22)26/h2-7,12,14,16,23H,8-9H2,1H3,(H,20,25)(H2,19,21,26). The number of carbonyl (C=O) groups is 2. The zero-order valence-corrected chi connectivity index (χ0v) is 15.1. The van der Waals surface area contributed by atoms with E-state index in [1.54, 1.807) is 24.3 Å². The number of hydrogen-bond acceptors (Lipinski definition) is 8. The number of amides is 1. The number of aliphatic hydroxyl groups excluding tert-OH is 1. The van der Waals surface area contributed by atoms with Gasteiger partial charge in [0.2, 0.25) is 0 Å². The maximum Gasteiger partial charge on any atom is 0.351 e. The molecule has 1 amide bonds. The first-order valence-electron chi connectivity index (χ1n) is 8.53. The van der Waals surface area contributed by atoms with Crippen molar-refractivity contribution in [3.8, 4) is 0 Å². The minimum absolute atomic E-state index is 0.0177. The van der Waals surface area contributed by atoms with E-state index in [4.69, 9.17) is 10.5 Å². The third-order valence-corrected chi connectivity index (χ3v) is 4.35. The lowest BCUT2D eigenvalue weighted by atomic mass is 10.1. The number of benzene rings is 1. The Kier molecular flexibility index (Phi) is 5.71. The topological polar surface area (TPSA) is 146 Å². The number of nitrogens with two attached hydrogens (primary N) is 1. The van der Waals surface area contributed by atoms with Crippen LogP contribution in [0.3, 0.4) is 0 Å². The molecule has 1 fully saturated rings. The van der Waals surface area contributed by atoms with Gasteiger partial charge in [-0.15, -0.1) is 0 Å². The third kappa shape index (κ3) is 4.18. The fraction of sp³-hybridized carbons (Fsp3) is 0.333. The number of nitrogens with one attached hydrogen (secondary N) is 1. The molecular weight excluding hydrogens is 368 g/mol.